The van der Waals surface area contributed by atoms with E-state index in [-0.39, 0.29) is 0 Å². The van der Waals surface area contributed by atoms with Crippen molar-refractivity contribution < 1.29 is 18.3 Å². The molecule has 1 atom stereocenters. The monoisotopic (exact) mass is 193 g/mol. The molecule has 1 fully saturated rings. The molecule has 2 N–H and O–H groups in total. The summed E-state index contributed by atoms with van der Waals surface area (Å²) in [6.07, 6.45) is 0.523. The number of carboxylic acids is 1. The molecule has 1 heterocycles. The number of hydrogen-bond donors (Lipinski definition) is 2. The molecule has 1 saturated heterocycles. The van der Waals surface area contributed by atoms with Gasteiger partial charge in [-0.1, -0.05) is 0 Å². The standard InChI is InChI=1S/C6H11NO4S/c8-6(9)4-12(10,11)5-1-2-7-3-5/h5,7H,1-4H2,(H,8,9). The van der Waals surface area contributed by atoms with Crippen molar-refractivity contribution in [2.45, 2.75) is 11.7 Å². The van der Waals surface area contributed by atoms with Crippen molar-refractivity contribution in [3.05, 3.63) is 0 Å². The Morgan fingerprint density at radius 1 is 1.58 bits per heavy atom. The van der Waals surface area contributed by atoms with Crippen LogP contribution < -0.4 is 5.32 Å². The molecule has 0 bridgehead atoms. The van der Waals surface area contributed by atoms with Gasteiger partial charge in [-0.3, -0.25) is 4.79 Å². The van der Waals surface area contributed by atoms with Crippen molar-refractivity contribution >= 4 is 15.8 Å². The van der Waals surface area contributed by atoms with Gasteiger partial charge in [0, 0.05) is 6.54 Å². The molecule has 5 nitrogen and oxygen atoms in total. The summed E-state index contributed by atoms with van der Waals surface area (Å²) in [5.74, 6) is -2.03. The smallest absolute Gasteiger partial charge is 0.318 e. The van der Waals surface area contributed by atoms with Gasteiger partial charge in [0.25, 0.3) is 0 Å². The van der Waals surface area contributed by atoms with Gasteiger partial charge in [0.1, 0.15) is 5.75 Å². The van der Waals surface area contributed by atoms with E-state index >= 15 is 0 Å². The molecule has 0 aromatic carbocycles. The minimum Gasteiger partial charge on any atom is -0.480 e. The van der Waals surface area contributed by atoms with E-state index in [0.29, 0.717) is 19.5 Å². The molecule has 0 aliphatic carbocycles. The fraction of sp³-hybridized carbons (Fsp3) is 0.833. The second-order valence-electron chi connectivity index (χ2n) is 2.82. The summed E-state index contributed by atoms with van der Waals surface area (Å²) in [5, 5.41) is 10.7. The molecule has 0 spiro atoms. The summed E-state index contributed by atoms with van der Waals surface area (Å²) in [6, 6.07) is 0. The number of aliphatic carboxylic acids is 1. The molecule has 6 heteroatoms. The van der Waals surface area contributed by atoms with Crippen molar-refractivity contribution in [1.82, 2.24) is 5.32 Å². The zero-order valence-electron chi connectivity index (χ0n) is 6.49. The second kappa shape index (κ2) is 3.40. The average Bonchev–Trinajstić information content (AvgIpc) is 2.32. The maximum atomic E-state index is 11.2. The van der Waals surface area contributed by atoms with Gasteiger partial charge in [-0.2, -0.15) is 0 Å². The summed E-state index contributed by atoms with van der Waals surface area (Å²) in [7, 11) is -3.42. The van der Waals surface area contributed by atoms with E-state index in [0.717, 1.165) is 0 Å². The van der Waals surface area contributed by atoms with Crippen molar-refractivity contribution in [3.63, 3.8) is 0 Å². The van der Waals surface area contributed by atoms with Crippen molar-refractivity contribution in [1.29, 1.82) is 0 Å². The van der Waals surface area contributed by atoms with E-state index in [2.05, 4.69) is 5.32 Å². The highest BCUT2D eigenvalue weighted by Gasteiger charge is 2.30. The Balaban J connectivity index is 2.64. The molecule has 12 heavy (non-hydrogen) atoms. The van der Waals surface area contributed by atoms with Gasteiger partial charge in [0.15, 0.2) is 9.84 Å². The lowest BCUT2D eigenvalue weighted by Crippen LogP contribution is -2.29. The largest absolute Gasteiger partial charge is 0.480 e. The van der Waals surface area contributed by atoms with Gasteiger partial charge in [-0.25, -0.2) is 8.42 Å². The Morgan fingerprint density at radius 2 is 2.25 bits per heavy atom. The van der Waals surface area contributed by atoms with Gasteiger partial charge in [-0.05, 0) is 13.0 Å². The third-order valence-corrected chi connectivity index (χ3v) is 3.92. The molecule has 70 valence electrons. The summed E-state index contributed by atoms with van der Waals surface area (Å²) < 4.78 is 22.4. The van der Waals surface area contributed by atoms with Crippen LogP contribution in [0.15, 0.2) is 0 Å². The van der Waals surface area contributed by atoms with E-state index in [1.807, 2.05) is 0 Å². The summed E-state index contributed by atoms with van der Waals surface area (Å²) in [5.41, 5.74) is 0. The molecular formula is C6H11NO4S. The van der Waals surface area contributed by atoms with Gasteiger partial charge < -0.3 is 10.4 Å². The number of carboxylic acid groups (broad SMARTS) is 1. The molecule has 0 amide bonds. The zero-order valence-corrected chi connectivity index (χ0v) is 7.30. The third kappa shape index (κ3) is 2.18. The first kappa shape index (κ1) is 9.47. The van der Waals surface area contributed by atoms with Crippen LogP contribution in [0.25, 0.3) is 0 Å². The number of nitrogens with one attached hydrogen (secondary N) is 1. The number of rotatable bonds is 3. The van der Waals surface area contributed by atoms with Crippen LogP contribution in [0.4, 0.5) is 0 Å². The Kier molecular flexibility index (Phi) is 2.69. The third-order valence-electron chi connectivity index (χ3n) is 1.85. The lowest BCUT2D eigenvalue weighted by Gasteiger charge is -2.06. The highest BCUT2D eigenvalue weighted by Crippen LogP contribution is 2.10. The van der Waals surface area contributed by atoms with Crippen LogP contribution in [-0.2, 0) is 14.6 Å². The van der Waals surface area contributed by atoms with Crippen LogP contribution in [0.3, 0.4) is 0 Å². The van der Waals surface area contributed by atoms with Crippen molar-refractivity contribution in [2.24, 2.45) is 0 Å². The van der Waals surface area contributed by atoms with Gasteiger partial charge in [0.05, 0.1) is 5.25 Å². The van der Waals surface area contributed by atoms with Crippen LogP contribution in [-0.4, -0.2) is 43.6 Å². The van der Waals surface area contributed by atoms with Crippen LogP contribution >= 0.6 is 0 Å². The first-order valence-electron chi connectivity index (χ1n) is 3.66. The SMILES string of the molecule is O=C(O)CS(=O)(=O)C1CCNC1. The zero-order chi connectivity index (χ0) is 9.19. The normalized spacial score (nSPS) is 24.2. The highest BCUT2D eigenvalue weighted by molar-refractivity contribution is 7.92. The number of carbonyl (C=O) groups is 1. The number of hydrogen-bond acceptors (Lipinski definition) is 4. The highest BCUT2D eigenvalue weighted by atomic mass is 32.2. The molecule has 1 aliphatic heterocycles. The second-order valence-corrected chi connectivity index (χ2v) is 5.10. The van der Waals surface area contributed by atoms with Crippen LogP contribution in [0, 0.1) is 0 Å². The van der Waals surface area contributed by atoms with E-state index in [1.165, 1.54) is 0 Å². The topological polar surface area (TPSA) is 83.5 Å². The minimum atomic E-state index is -3.42. The molecule has 0 aromatic rings. The number of sulfone groups is 1. The maximum Gasteiger partial charge on any atom is 0.318 e. The molecular weight excluding hydrogens is 182 g/mol. The van der Waals surface area contributed by atoms with Crippen LogP contribution in [0.2, 0.25) is 0 Å². The van der Waals surface area contributed by atoms with E-state index in [1.54, 1.807) is 0 Å². The van der Waals surface area contributed by atoms with E-state index in [4.69, 9.17) is 5.11 Å². The fourth-order valence-electron chi connectivity index (χ4n) is 1.22. The fourth-order valence-corrected chi connectivity index (χ4v) is 2.65. The van der Waals surface area contributed by atoms with Crippen LogP contribution in [0.1, 0.15) is 6.42 Å². The molecule has 1 unspecified atom stereocenters. The Morgan fingerprint density at radius 3 is 2.67 bits per heavy atom. The predicted octanol–water partition coefficient (Wildman–Crippen LogP) is -1.15. The molecule has 1 aliphatic rings. The van der Waals surface area contributed by atoms with E-state index < -0.39 is 26.8 Å². The summed E-state index contributed by atoms with van der Waals surface area (Å²) in [6.45, 7) is 1.04. The lowest BCUT2D eigenvalue weighted by molar-refractivity contribution is -0.134. The Labute approximate surface area is 70.7 Å². The van der Waals surface area contributed by atoms with Crippen molar-refractivity contribution in [2.75, 3.05) is 18.8 Å². The first-order valence-corrected chi connectivity index (χ1v) is 5.38. The van der Waals surface area contributed by atoms with Gasteiger partial charge >= 0.3 is 5.97 Å². The van der Waals surface area contributed by atoms with E-state index in [9.17, 15) is 13.2 Å². The summed E-state index contributed by atoms with van der Waals surface area (Å²) >= 11 is 0. The average molecular weight is 193 g/mol. The Bertz CT molecular complexity index is 265. The van der Waals surface area contributed by atoms with Crippen LogP contribution in [0.5, 0.6) is 0 Å². The van der Waals surface area contributed by atoms with Crippen molar-refractivity contribution in [3.8, 4) is 0 Å². The lowest BCUT2D eigenvalue weighted by atomic mass is 10.4. The maximum absolute atomic E-state index is 11.2. The summed E-state index contributed by atoms with van der Waals surface area (Å²) in [4.78, 5) is 10.2. The molecule has 0 aromatic heterocycles. The molecule has 1 rings (SSSR count). The predicted molar refractivity (Wildman–Crippen MR) is 42.7 cm³/mol. The van der Waals surface area contributed by atoms with Gasteiger partial charge in [-0.15, -0.1) is 0 Å². The molecule has 0 saturated carbocycles. The first-order chi connectivity index (χ1) is 5.52. The van der Waals surface area contributed by atoms with Gasteiger partial charge in [0.2, 0.25) is 0 Å². The minimum absolute atomic E-state index is 0.385. The molecule has 0 radical (unpaired) electrons. The quantitative estimate of drug-likeness (QED) is 0.591. The Hall–Kier alpha value is -0.620.